The van der Waals surface area contributed by atoms with Gasteiger partial charge in [-0.25, -0.2) is 0 Å². The lowest BCUT2D eigenvalue weighted by Crippen LogP contribution is -2.61. The van der Waals surface area contributed by atoms with Gasteiger partial charge >= 0.3 is 0 Å². The summed E-state index contributed by atoms with van der Waals surface area (Å²) in [6, 6.07) is 44.1. The van der Waals surface area contributed by atoms with E-state index in [1.54, 1.807) is 0 Å². The highest BCUT2D eigenvalue weighted by Gasteiger charge is 2.42. The highest BCUT2D eigenvalue weighted by molar-refractivity contribution is 7.00. The summed E-state index contributed by atoms with van der Waals surface area (Å²) in [5, 5.41) is 0. The van der Waals surface area contributed by atoms with Crippen LogP contribution in [-0.4, -0.2) is 6.71 Å². The molecule has 2 heterocycles. The third-order valence-electron chi connectivity index (χ3n) is 7.11. The van der Waals surface area contributed by atoms with Crippen LogP contribution in [-0.2, 0) is 0 Å². The third kappa shape index (κ3) is 2.70. The van der Waals surface area contributed by atoms with Crippen molar-refractivity contribution in [2.45, 2.75) is 6.92 Å². The molecule has 7 rings (SSSR count). The maximum Gasteiger partial charge on any atom is 0.252 e. The lowest BCUT2D eigenvalue weighted by Gasteiger charge is -2.44. The molecule has 5 aromatic carbocycles. The van der Waals surface area contributed by atoms with Gasteiger partial charge in [0.25, 0.3) is 6.71 Å². The quantitative estimate of drug-likeness (QED) is 0.305. The lowest BCUT2D eigenvalue weighted by atomic mass is 9.33. The maximum absolute atomic E-state index is 2.43. The van der Waals surface area contributed by atoms with Crippen molar-refractivity contribution in [2.75, 3.05) is 9.80 Å². The van der Waals surface area contributed by atoms with E-state index in [9.17, 15) is 0 Å². The summed E-state index contributed by atoms with van der Waals surface area (Å²) < 4.78 is 0. The number of hydrogen-bond donors (Lipinski definition) is 0. The number of anilines is 6. The van der Waals surface area contributed by atoms with E-state index in [0.29, 0.717) is 0 Å². The minimum Gasteiger partial charge on any atom is -0.311 e. The zero-order valence-corrected chi connectivity index (χ0v) is 19.0. The van der Waals surface area contributed by atoms with Crippen molar-refractivity contribution in [2.24, 2.45) is 0 Å². The fourth-order valence-electron chi connectivity index (χ4n) is 5.66. The Kier molecular flexibility index (Phi) is 4.19. The Morgan fingerprint density at radius 1 is 0.441 bits per heavy atom. The fourth-order valence-corrected chi connectivity index (χ4v) is 5.66. The lowest BCUT2D eigenvalue weighted by molar-refractivity contribution is 1.25. The number of rotatable bonds is 2. The topological polar surface area (TPSA) is 6.48 Å². The van der Waals surface area contributed by atoms with Crippen LogP contribution < -0.4 is 26.2 Å². The Labute approximate surface area is 200 Å². The van der Waals surface area contributed by atoms with Crippen LogP contribution in [0.5, 0.6) is 0 Å². The van der Waals surface area contributed by atoms with E-state index >= 15 is 0 Å². The van der Waals surface area contributed by atoms with Gasteiger partial charge in [-0.05, 0) is 71.8 Å². The van der Waals surface area contributed by atoms with E-state index in [2.05, 4.69) is 138 Å². The van der Waals surface area contributed by atoms with Crippen molar-refractivity contribution in [3.63, 3.8) is 0 Å². The monoisotopic (exact) mass is 434 g/mol. The van der Waals surface area contributed by atoms with E-state index < -0.39 is 0 Å². The van der Waals surface area contributed by atoms with Gasteiger partial charge in [0.15, 0.2) is 0 Å². The van der Waals surface area contributed by atoms with Gasteiger partial charge in [0.1, 0.15) is 0 Å². The Morgan fingerprint density at radius 3 is 1.50 bits per heavy atom. The number of hydrogen-bond acceptors (Lipinski definition) is 2. The second-order valence-corrected chi connectivity index (χ2v) is 9.10. The molecule has 34 heavy (non-hydrogen) atoms. The van der Waals surface area contributed by atoms with E-state index in [-0.39, 0.29) is 6.71 Å². The normalized spacial score (nSPS) is 13.3. The SMILES string of the molecule is Cc1ccc(N2c3ccccc3B3c4ccccc4N(c4ccccc4)c4cccc2c43)cc1. The molecule has 2 aliphatic rings. The molecule has 0 unspecified atom stereocenters. The van der Waals surface area contributed by atoms with Crippen molar-refractivity contribution in [1.29, 1.82) is 0 Å². The minimum absolute atomic E-state index is 0.195. The van der Waals surface area contributed by atoms with Gasteiger partial charge in [-0.3, -0.25) is 0 Å². The first kappa shape index (κ1) is 19.3. The summed E-state index contributed by atoms with van der Waals surface area (Å²) in [7, 11) is 0. The molecule has 0 spiro atoms. The number of fused-ring (bicyclic) bond motifs is 4. The number of para-hydroxylation sites is 3. The molecule has 0 radical (unpaired) electrons. The van der Waals surface area contributed by atoms with Crippen LogP contribution in [0, 0.1) is 6.92 Å². The molecule has 0 fully saturated rings. The van der Waals surface area contributed by atoms with Crippen molar-refractivity contribution in [1.82, 2.24) is 0 Å². The summed E-state index contributed by atoms with van der Waals surface area (Å²) in [6.07, 6.45) is 0. The number of aryl methyl sites for hydroxylation is 1. The van der Waals surface area contributed by atoms with E-state index in [4.69, 9.17) is 0 Å². The Morgan fingerprint density at radius 2 is 0.912 bits per heavy atom. The van der Waals surface area contributed by atoms with Gasteiger partial charge < -0.3 is 9.80 Å². The molecule has 0 saturated heterocycles. The van der Waals surface area contributed by atoms with E-state index in [1.165, 1.54) is 56.1 Å². The predicted octanol–water partition coefficient (Wildman–Crippen LogP) is 6.08. The highest BCUT2D eigenvalue weighted by atomic mass is 15.2. The van der Waals surface area contributed by atoms with Gasteiger partial charge in [0.05, 0.1) is 0 Å². The smallest absolute Gasteiger partial charge is 0.252 e. The van der Waals surface area contributed by atoms with Gasteiger partial charge in [-0.1, -0.05) is 78.4 Å². The summed E-state index contributed by atoms with van der Waals surface area (Å²) >= 11 is 0. The number of benzene rings is 5. The molecule has 0 saturated carbocycles. The molecule has 0 bridgehead atoms. The zero-order chi connectivity index (χ0) is 22.6. The molecule has 0 aliphatic carbocycles. The summed E-state index contributed by atoms with van der Waals surface area (Å²) in [4.78, 5) is 4.85. The molecule has 0 amide bonds. The molecule has 2 aliphatic heterocycles. The molecule has 3 heteroatoms. The standard InChI is InChI=1S/C31H23BN2/c1-22-18-20-24(21-19-22)34-28-15-8-6-13-26(28)32-25-12-5-7-14-27(25)33(23-10-3-2-4-11-23)29-16-9-17-30(34)31(29)32/h2-21H,1H3. The molecule has 160 valence electrons. The van der Waals surface area contributed by atoms with Gasteiger partial charge in [0.2, 0.25) is 0 Å². The third-order valence-corrected chi connectivity index (χ3v) is 7.11. The fraction of sp³-hybridized carbons (Fsp3) is 0.0323. The first-order valence-electron chi connectivity index (χ1n) is 11.8. The van der Waals surface area contributed by atoms with Crippen molar-refractivity contribution >= 4 is 57.2 Å². The maximum atomic E-state index is 2.43. The van der Waals surface area contributed by atoms with Crippen molar-refractivity contribution < 1.29 is 0 Å². The van der Waals surface area contributed by atoms with Crippen molar-refractivity contribution in [3.8, 4) is 0 Å². The molecular formula is C31H23BN2. The van der Waals surface area contributed by atoms with Crippen LogP contribution in [0.2, 0.25) is 0 Å². The first-order chi connectivity index (χ1) is 16.8. The molecule has 0 atom stereocenters. The molecule has 0 N–H and O–H groups in total. The largest absolute Gasteiger partial charge is 0.311 e. The Hall–Kier alpha value is -4.24. The summed E-state index contributed by atoms with van der Waals surface area (Å²) in [5.41, 5.74) is 12.7. The minimum atomic E-state index is 0.195. The summed E-state index contributed by atoms with van der Waals surface area (Å²) in [6.45, 7) is 2.34. The van der Waals surface area contributed by atoms with Crippen molar-refractivity contribution in [3.05, 3.63) is 127 Å². The summed E-state index contributed by atoms with van der Waals surface area (Å²) in [5.74, 6) is 0. The Bertz CT molecular complexity index is 1530. The average molecular weight is 434 g/mol. The van der Waals surface area contributed by atoms with Crippen LogP contribution in [0.4, 0.5) is 34.1 Å². The first-order valence-corrected chi connectivity index (χ1v) is 11.8. The second-order valence-electron chi connectivity index (χ2n) is 9.10. The highest BCUT2D eigenvalue weighted by Crippen LogP contribution is 2.43. The van der Waals surface area contributed by atoms with E-state index in [0.717, 1.165) is 0 Å². The zero-order valence-electron chi connectivity index (χ0n) is 19.0. The number of nitrogens with zero attached hydrogens (tertiary/aromatic N) is 2. The molecule has 5 aromatic rings. The van der Waals surface area contributed by atoms with Crippen LogP contribution >= 0.6 is 0 Å². The van der Waals surface area contributed by atoms with Gasteiger partial charge in [-0.15, -0.1) is 0 Å². The molecular weight excluding hydrogens is 411 g/mol. The van der Waals surface area contributed by atoms with Gasteiger partial charge in [-0.2, -0.15) is 0 Å². The predicted molar refractivity (Wildman–Crippen MR) is 145 cm³/mol. The average Bonchev–Trinajstić information content (AvgIpc) is 2.90. The van der Waals surface area contributed by atoms with Crippen LogP contribution in [0.25, 0.3) is 0 Å². The Balaban J connectivity index is 1.56. The molecule has 0 aromatic heterocycles. The van der Waals surface area contributed by atoms with Crippen LogP contribution in [0.15, 0.2) is 121 Å². The van der Waals surface area contributed by atoms with Crippen LogP contribution in [0.3, 0.4) is 0 Å². The van der Waals surface area contributed by atoms with Gasteiger partial charge in [0, 0.05) is 34.1 Å². The van der Waals surface area contributed by atoms with Crippen LogP contribution in [0.1, 0.15) is 5.56 Å². The van der Waals surface area contributed by atoms with E-state index in [1.807, 2.05) is 0 Å². The second kappa shape index (κ2) is 7.39. The molecule has 2 nitrogen and oxygen atoms in total.